The number of hydrogen-bond donors (Lipinski definition) is 2. The van der Waals surface area contributed by atoms with Crippen LogP contribution >= 0.6 is 11.8 Å². The van der Waals surface area contributed by atoms with E-state index in [2.05, 4.69) is 90.7 Å². The van der Waals surface area contributed by atoms with E-state index in [0.29, 0.717) is 11.5 Å². The van der Waals surface area contributed by atoms with Crippen molar-refractivity contribution in [1.82, 2.24) is 9.88 Å². The number of nitrogens with two attached hydrogens (primary N) is 1. The van der Waals surface area contributed by atoms with Gasteiger partial charge in [0, 0.05) is 60.4 Å². The summed E-state index contributed by atoms with van der Waals surface area (Å²) in [5.74, 6) is 1.31. The van der Waals surface area contributed by atoms with E-state index in [4.69, 9.17) is 11.0 Å². The molecule has 7 heteroatoms. The first-order valence-corrected chi connectivity index (χ1v) is 16.2. The highest BCUT2D eigenvalue weighted by Crippen LogP contribution is 2.31. The van der Waals surface area contributed by atoms with Crippen molar-refractivity contribution in [2.24, 2.45) is 22.1 Å². The summed E-state index contributed by atoms with van der Waals surface area (Å²) in [6.45, 7) is 20.6. The van der Waals surface area contributed by atoms with Gasteiger partial charge in [0.1, 0.15) is 5.82 Å². The molecule has 0 aliphatic carbocycles. The molecule has 1 aliphatic heterocycles. The Kier molecular flexibility index (Phi) is 15.3. The van der Waals surface area contributed by atoms with E-state index in [-0.39, 0.29) is 5.41 Å². The molecule has 1 atom stereocenters. The van der Waals surface area contributed by atoms with Crippen LogP contribution in [0.1, 0.15) is 70.6 Å². The minimum Gasteiger partial charge on any atom is -0.403 e. The molecule has 0 radical (unpaired) electrons. The smallest absolute Gasteiger partial charge is 0.129 e. The summed E-state index contributed by atoms with van der Waals surface area (Å²) in [6, 6.07) is 22.3. The second-order valence-corrected chi connectivity index (χ2v) is 12.8. The van der Waals surface area contributed by atoms with Gasteiger partial charge in [0.15, 0.2) is 0 Å². The molecule has 0 amide bonds. The van der Waals surface area contributed by atoms with Crippen molar-refractivity contribution >= 4 is 24.3 Å². The molecular formula is C37H50N6S. The van der Waals surface area contributed by atoms with Crippen molar-refractivity contribution in [3.8, 4) is 6.07 Å². The number of benzene rings is 2. The van der Waals surface area contributed by atoms with Gasteiger partial charge in [-0.2, -0.15) is 5.26 Å². The summed E-state index contributed by atoms with van der Waals surface area (Å²) in [5, 5.41) is 12.0. The maximum Gasteiger partial charge on any atom is 0.129 e. The van der Waals surface area contributed by atoms with E-state index in [1.165, 1.54) is 23.2 Å². The number of nitrogens with one attached hydrogen (secondary N) is 1. The molecule has 2 heterocycles. The molecule has 6 nitrogen and oxygen atoms in total. The lowest BCUT2D eigenvalue weighted by Crippen LogP contribution is -2.36. The maximum atomic E-state index is 8.88. The highest BCUT2D eigenvalue weighted by molar-refractivity contribution is 7.99. The van der Waals surface area contributed by atoms with Crippen molar-refractivity contribution in [1.29, 1.82) is 5.26 Å². The standard InChI is InChI=1S/C20H17N3S.C15H27N3.C2H6/c1-22-20-17(11-15-5-3-2-4-6-15)12-19(14-23-20)24-18-9-7-16(13-21)8-10-18;1-12(9-15(2,3)4)18-8-6-7-13(11-18)14(10-16)17-5;1-2/h2-10,12,14H,11H2,1H3,(H,22,23);10,13H,1,5-9,11,16H2,2-4H3;1-2H3/b;14-10-;. The Morgan fingerprint density at radius 3 is 2.41 bits per heavy atom. The quantitative estimate of drug-likeness (QED) is 0.235. The fraction of sp³-hybridized carbons (Fsp3) is 0.378. The summed E-state index contributed by atoms with van der Waals surface area (Å²) >= 11 is 1.65. The van der Waals surface area contributed by atoms with E-state index in [0.717, 1.165) is 53.7 Å². The summed E-state index contributed by atoms with van der Waals surface area (Å²) in [4.78, 5) is 13.1. The topological polar surface area (TPSA) is 90.3 Å². The Balaban J connectivity index is 0.000000302. The van der Waals surface area contributed by atoms with Crippen molar-refractivity contribution in [3.63, 3.8) is 0 Å². The van der Waals surface area contributed by atoms with Gasteiger partial charge in [0.2, 0.25) is 0 Å². The van der Waals surface area contributed by atoms with Gasteiger partial charge in [0.05, 0.1) is 17.3 Å². The molecule has 0 bridgehead atoms. The predicted molar refractivity (Wildman–Crippen MR) is 189 cm³/mol. The van der Waals surface area contributed by atoms with Crippen molar-refractivity contribution in [3.05, 3.63) is 108 Å². The number of nitrogens with zero attached hydrogens (tertiary/aromatic N) is 4. The predicted octanol–water partition coefficient (Wildman–Crippen LogP) is 8.91. The van der Waals surface area contributed by atoms with Crippen molar-refractivity contribution < 1.29 is 0 Å². The van der Waals surface area contributed by atoms with Crippen LogP contribution < -0.4 is 11.1 Å². The van der Waals surface area contributed by atoms with Crippen LogP contribution in [0, 0.1) is 22.7 Å². The van der Waals surface area contributed by atoms with Crippen LogP contribution in [0.25, 0.3) is 0 Å². The zero-order chi connectivity index (χ0) is 32.5. The molecule has 1 aliphatic rings. The van der Waals surface area contributed by atoms with Crippen molar-refractivity contribution in [2.75, 3.05) is 25.5 Å². The zero-order valence-corrected chi connectivity index (χ0v) is 28.3. The lowest BCUT2D eigenvalue weighted by atomic mass is 9.88. The highest BCUT2D eigenvalue weighted by Gasteiger charge is 2.25. The fourth-order valence-corrected chi connectivity index (χ4v) is 5.85. The van der Waals surface area contributed by atoms with Gasteiger partial charge in [-0.05, 0) is 72.9 Å². The normalized spacial score (nSPS) is 14.6. The number of pyridine rings is 1. The minimum atomic E-state index is 0.285. The Hall–Kier alpha value is -4.02. The second kappa shape index (κ2) is 18.6. The average molecular weight is 611 g/mol. The molecular weight excluding hydrogens is 561 g/mol. The average Bonchev–Trinajstić information content (AvgIpc) is 3.03. The van der Waals surface area contributed by atoms with E-state index in [1.807, 2.05) is 57.4 Å². The van der Waals surface area contributed by atoms with E-state index < -0.39 is 0 Å². The fourth-order valence-electron chi connectivity index (χ4n) is 5.00. The summed E-state index contributed by atoms with van der Waals surface area (Å²) < 4.78 is 0. The zero-order valence-electron chi connectivity index (χ0n) is 27.4. The Morgan fingerprint density at radius 2 is 1.84 bits per heavy atom. The minimum absolute atomic E-state index is 0.285. The largest absolute Gasteiger partial charge is 0.403 e. The molecule has 44 heavy (non-hydrogen) atoms. The maximum absolute atomic E-state index is 8.88. The van der Waals surface area contributed by atoms with Gasteiger partial charge in [-0.25, -0.2) is 4.98 Å². The molecule has 1 saturated heterocycles. The number of aliphatic imine (C=N–C) groups is 1. The molecule has 3 N–H and O–H groups in total. The monoisotopic (exact) mass is 610 g/mol. The molecule has 0 spiro atoms. The molecule has 3 aromatic rings. The van der Waals surface area contributed by atoms with Gasteiger partial charge in [0.25, 0.3) is 0 Å². The first kappa shape index (κ1) is 36.2. The number of aromatic nitrogens is 1. The molecule has 0 saturated carbocycles. The number of likely N-dealkylation sites (tertiary alicyclic amines) is 1. The molecule has 1 aromatic heterocycles. The summed E-state index contributed by atoms with van der Waals surface area (Å²) in [6.07, 6.45) is 7.65. The van der Waals surface area contributed by atoms with E-state index >= 15 is 0 Å². The van der Waals surface area contributed by atoms with Crippen LogP contribution in [0.4, 0.5) is 5.82 Å². The van der Waals surface area contributed by atoms with Gasteiger partial charge < -0.3 is 16.0 Å². The van der Waals surface area contributed by atoms with Gasteiger partial charge >= 0.3 is 0 Å². The third kappa shape index (κ3) is 11.9. The molecule has 4 rings (SSSR count). The van der Waals surface area contributed by atoms with Crippen LogP contribution in [0.5, 0.6) is 0 Å². The third-order valence-electron chi connectivity index (χ3n) is 7.01. The van der Waals surface area contributed by atoms with Crippen LogP contribution in [-0.2, 0) is 6.42 Å². The number of nitriles is 1. The van der Waals surface area contributed by atoms with Gasteiger partial charge in [-0.3, -0.25) is 4.99 Å². The van der Waals surface area contributed by atoms with E-state index in [1.54, 1.807) is 18.0 Å². The Bertz CT molecular complexity index is 1380. The first-order valence-electron chi connectivity index (χ1n) is 15.4. The third-order valence-corrected chi connectivity index (χ3v) is 7.98. The lowest BCUT2D eigenvalue weighted by molar-refractivity contribution is 0.215. The highest BCUT2D eigenvalue weighted by atomic mass is 32.2. The Morgan fingerprint density at radius 1 is 1.16 bits per heavy atom. The van der Waals surface area contributed by atoms with Gasteiger partial charge in [-0.15, -0.1) is 0 Å². The molecule has 1 fully saturated rings. The first-order chi connectivity index (χ1) is 21.1. The molecule has 234 valence electrons. The number of anilines is 1. The summed E-state index contributed by atoms with van der Waals surface area (Å²) in [5.41, 5.74) is 11.1. The second-order valence-electron chi connectivity index (χ2n) is 11.7. The number of hydrogen-bond acceptors (Lipinski definition) is 7. The number of piperidine rings is 1. The molecule has 2 aromatic carbocycles. The lowest BCUT2D eigenvalue weighted by Gasteiger charge is -2.37. The number of rotatable bonds is 9. The van der Waals surface area contributed by atoms with Crippen molar-refractivity contribution in [2.45, 2.75) is 70.1 Å². The molecule has 1 unspecified atom stereocenters. The Labute approximate surface area is 270 Å². The van der Waals surface area contributed by atoms with Crippen LogP contribution in [0.15, 0.2) is 106 Å². The van der Waals surface area contributed by atoms with Crippen LogP contribution in [-0.4, -0.2) is 36.7 Å². The van der Waals surface area contributed by atoms with Gasteiger partial charge in [-0.1, -0.05) is 83.3 Å². The summed E-state index contributed by atoms with van der Waals surface area (Å²) in [7, 11) is 1.89. The van der Waals surface area contributed by atoms with E-state index in [9.17, 15) is 0 Å². The van der Waals surface area contributed by atoms with Crippen LogP contribution in [0.3, 0.4) is 0 Å². The van der Waals surface area contributed by atoms with Crippen LogP contribution in [0.2, 0.25) is 0 Å². The number of allylic oxidation sites excluding steroid dienone is 1. The SMILES string of the molecule is C=N/C(=C\N)C1CCCN(C(=C)CC(C)(C)C)C1.CC.CNc1ncc(Sc2ccc(C#N)cc2)cc1Cc1ccccc1.